The largest absolute Gasteiger partial charge is 0.308 e. The second-order valence-electron chi connectivity index (χ2n) is 8.30. The van der Waals surface area contributed by atoms with Gasteiger partial charge in [0.15, 0.2) is 15.0 Å². The number of likely N-dealkylation sites (N-methyl/N-ethyl adjacent to an activating group) is 1. The first-order chi connectivity index (χ1) is 16.1. The van der Waals surface area contributed by atoms with Crippen LogP contribution in [0.25, 0.3) is 10.2 Å². The van der Waals surface area contributed by atoms with Crippen molar-refractivity contribution < 1.29 is 22.8 Å². The molecule has 0 aliphatic carbocycles. The Morgan fingerprint density at radius 2 is 1.71 bits per heavy atom. The number of halogens is 1. The molecule has 1 aromatic heterocycles. The quantitative estimate of drug-likeness (QED) is 0.427. The van der Waals surface area contributed by atoms with Crippen LogP contribution in [0, 0.1) is 0 Å². The van der Waals surface area contributed by atoms with Crippen molar-refractivity contribution in [3.8, 4) is 0 Å². The minimum Gasteiger partial charge on any atom is -0.308 e. The maximum atomic E-state index is 13.6. The second-order valence-corrected chi connectivity index (χ2v) is 11.3. The molecule has 0 spiro atoms. The number of anilines is 2. The van der Waals surface area contributed by atoms with E-state index in [0.29, 0.717) is 39.7 Å². The summed E-state index contributed by atoms with van der Waals surface area (Å²) in [5.41, 5.74) is 0.982. The smallest absolute Gasteiger partial charge is 0.260 e. The summed E-state index contributed by atoms with van der Waals surface area (Å²) < 4.78 is 25.1. The summed E-state index contributed by atoms with van der Waals surface area (Å²) in [5, 5.41) is 0.372. The summed E-state index contributed by atoms with van der Waals surface area (Å²) in [6.45, 7) is 0.856. The molecule has 12 heteroatoms. The summed E-state index contributed by atoms with van der Waals surface area (Å²) >= 11 is 1.23. The predicted molar refractivity (Wildman–Crippen MR) is 138 cm³/mol. The standard InChI is InChI=1S/C23H24N4O5S2.ClH/c1-25(2)12-13-26(23-24-21-17(33-23)8-5-9-18(21)34(3,31)32)22(30)15-6-4-7-16(14-15)27-19(28)10-11-20(27)29;/h4-9,14H,10-13H2,1-3H3;1H. The Morgan fingerprint density at radius 3 is 2.34 bits per heavy atom. The summed E-state index contributed by atoms with van der Waals surface area (Å²) in [6, 6.07) is 11.3. The van der Waals surface area contributed by atoms with Gasteiger partial charge in [0.05, 0.1) is 15.3 Å². The van der Waals surface area contributed by atoms with Crippen molar-refractivity contribution in [3.63, 3.8) is 0 Å². The number of fused-ring (bicyclic) bond motifs is 1. The monoisotopic (exact) mass is 536 g/mol. The van der Waals surface area contributed by atoms with Gasteiger partial charge in [0.1, 0.15) is 5.52 Å². The average Bonchev–Trinajstić information content (AvgIpc) is 3.35. The zero-order chi connectivity index (χ0) is 24.6. The van der Waals surface area contributed by atoms with Crippen molar-refractivity contribution in [2.24, 2.45) is 0 Å². The van der Waals surface area contributed by atoms with Crippen molar-refractivity contribution >= 4 is 72.3 Å². The molecule has 1 aliphatic rings. The fraction of sp³-hybridized carbons (Fsp3) is 0.304. The molecule has 2 heterocycles. The number of carbonyl (C=O) groups excluding carboxylic acids is 3. The first kappa shape index (κ1) is 26.7. The first-order valence-electron chi connectivity index (χ1n) is 10.6. The van der Waals surface area contributed by atoms with E-state index in [2.05, 4.69) is 4.98 Å². The molecule has 0 unspecified atom stereocenters. The maximum absolute atomic E-state index is 13.6. The van der Waals surface area contributed by atoms with E-state index in [1.54, 1.807) is 30.3 Å². The highest BCUT2D eigenvalue weighted by atomic mass is 35.5. The number of hydrogen-bond acceptors (Lipinski definition) is 8. The zero-order valence-electron chi connectivity index (χ0n) is 19.4. The molecule has 3 amide bonds. The van der Waals surface area contributed by atoms with Crippen LogP contribution in [0.4, 0.5) is 10.8 Å². The number of carbonyl (C=O) groups is 3. The lowest BCUT2D eigenvalue weighted by Gasteiger charge is -2.23. The lowest BCUT2D eigenvalue weighted by Crippen LogP contribution is -2.37. The minimum atomic E-state index is -3.50. The molecule has 186 valence electrons. The van der Waals surface area contributed by atoms with Crippen LogP contribution in [0.15, 0.2) is 47.4 Å². The third kappa shape index (κ3) is 5.53. The van der Waals surface area contributed by atoms with Crippen molar-refractivity contribution in [2.75, 3.05) is 43.2 Å². The van der Waals surface area contributed by atoms with Gasteiger partial charge < -0.3 is 4.90 Å². The van der Waals surface area contributed by atoms with Crippen molar-refractivity contribution in [3.05, 3.63) is 48.0 Å². The van der Waals surface area contributed by atoms with Gasteiger partial charge in [-0.15, -0.1) is 12.4 Å². The Labute approximate surface area is 213 Å². The van der Waals surface area contributed by atoms with E-state index in [4.69, 9.17) is 0 Å². The number of sulfone groups is 1. The molecule has 1 fully saturated rings. The van der Waals surface area contributed by atoms with Crippen molar-refractivity contribution in [2.45, 2.75) is 17.7 Å². The summed E-state index contributed by atoms with van der Waals surface area (Å²) in [5.74, 6) is -0.945. The Morgan fingerprint density at radius 1 is 1.06 bits per heavy atom. The van der Waals surface area contributed by atoms with Gasteiger partial charge >= 0.3 is 0 Å². The van der Waals surface area contributed by atoms with Gasteiger partial charge in [-0.2, -0.15) is 0 Å². The molecule has 0 saturated carbocycles. The normalized spacial score (nSPS) is 14.0. The van der Waals surface area contributed by atoms with E-state index < -0.39 is 9.84 Å². The van der Waals surface area contributed by atoms with E-state index >= 15 is 0 Å². The number of thiazole rings is 1. The predicted octanol–water partition coefficient (Wildman–Crippen LogP) is 2.98. The van der Waals surface area contributed by atoms with E-state index in [0.717, 1.165) is 11.2 Å². The van der Waals surface area contributed by atoms with Gasteiger partial charge in [-0.3, -0.25) is 24.2 Å². The van der Waals surface area contributed by atoms with Gasteiger partial charge in [0, 0.05) is 37.8 Å². The van der Waals surface area contributed by atoms with Crippen LogP contribution in [0.1, 0.15) is 23.2 Å². The minimum absolute atomic E-state index is 0. The van der Waals surface area contributed by atoms with E-state index in [1.807, 2.05) is 19.0 Å². The molecule has 0 N–H and O–H groups in total. The molecule has 0 atom stereocenters. The van der Waals surface area contributed by atoms with Crippen molar-refractivity contribution in [1.29, 1.82) is 0 Å². The molecule has 2 aromatic carbocycles. The van der Waals surface area contributed by atoms with Crippen LogP contribution < -0.4 is 9.80 Å². The lowest BCUT2D eigenvalue weighted by atomic mass is 10.1. The molecule has 4 rings (SSSR count). The Kier molecular flexibility index (Phi) is 7.95. The zero-order valence-corrected chi connectivity index (χ0v) is 21.9. The molecular weight excluding hydrogens is 512 g/mol. The van der Waals surface area contributed by atoms with Gasteiger partial charge in [0.2, 0.25) is 11.8 Å². The molecule has 35 heavy (non-hydrogen) atoms. The van der Waals surface area contributed by atoms with E-state index in [9.17, 15) is 22.8 Å². The number of amides is 3. The molecule has 9 nitrogen and oxygen atoms in total. The van der Waals surface area contributed by atoms with E-state index in [1.165, 1.54) is 28.4 Å². The van der Waals surface area contributed by atoms with Gasteiger partial charge in [-0.1, -0.05) is 23.5 Å². The Hall–Kier alpha value is -2.86. The van der Waals surface area contributed by atoms with Crippen LogP contribution in [0.5, 0.6) is 0 Å². The molecule has 3 aromatic rings. The lowest BCUT2D eigenvalue weighted by molar-refractivity contribution is -0.121. The molecule has 1 aliphatic heterocycles. The third-order valence-electron chi connectivity index (χ3n) is 5.42. The number of aromatic nitrogens is 1. The number of benzene rings is 2. The molecule has 0 bridgehead atoms. The van der Waals surface area contributed by atoms with Crippen molar-refractivity contribution in [1.82, 2.24) is 9.88 Å². The third-order valence-corrected chi connectivity index (χ3v) is 7.59. The number of nitrogens with zero attached hydrogens (tertiary/aromatic N) is 4. The topological polar surface area (TPSA) is 108 Å². The summed E-state index contributed by atoms with van der Waals surface area (Å²) in [6.07, 6.45) is 1.43. The van der Waals surface area contributed by atoms with Gasteiger partial charge in [-0.05, 0) is 44.4 Å². The summed E-state index contributed by atoms with van der Waals surface area (Å²) in [7, 11) is 0.263. The highest BCUT2D eigenvalue weighted by molar-refractivity contribution is 7.91. The van der Waals surface area contributed by atoms with Crippen LogP contribution in [-0.2, 0) is 19.4 Å². The van der Waals surface area contributed by atoms with Gasteiger partial charge in [-0.25, -0.2) is 13.4 Å². The first-order valence-corrected chi connectivity index (χ1v) is 13.3. The highest BCUT2D eigenvalue weighted by Crippen LogP contribution is 2.33. The van der Waals surface area contributed by atoms with Crippen LogP contribution >= 0.6 is 23.7 Å². The number of hydrogen-bond donors (Lipinski definition) is 0. The second kappa shape index (κ2) is 10.4. The average molecular weight is 537 g/mol. The van der Waals surface area contributed by atoms with Gasteiger partial charge in [0.25, 0.3) is 5.91 Å². The molecule has 0 radical (unpaired) electrons. The molecular formula is C23H25ClN4O5S2. The Balaban J connectivity index is 0.00000342. The van der Waals surface area contributed by atoms with Crippen LogP contribution in [0.2, 0.25) is 0 Å². The maximum Gasteiger partial charge on any atom is 0.260 e. The summed E-state index contributed by atoms with van der Waals surface area (Å²) in [4.78, 5) is 47.1. The number of para-hydroxylation sites is 1. The van der Waals surface area contributed by atoms with Crippen LogP contribution in [0.3, 0.4) is 0 Å². The fourth-order valence-electron chi connectivity index (χ4n) is 3.71. The van der Waals surface area contributed by atoms with E-state index in [-0.39, 0.29) is 47.9 Å². The van der Waals surface area contributed by atoms with Crippen LogP contribution in [-0.4, -0.2) is 69.5 Å². The number of rotatable bonds is 7. The number of imide groups is 1. The fourth-order valence-corrected chi connectivity index (χ4v) is 5.62. The SMILES string of the molecule is CN(C)CCN(C(=O)c1cccc(N2C(=O)CCC2=O)c1)c1nc2c(S(C)(=O)=O)cccc2s1.Cl. The molecule has 1 saturated heterocycles. The Bertz CT molecular complexity index is 1390. The highest BCUT2D eigenvalue weighted by Gasteiger charge is 2.31.